The Morgan fingerprint density at radius 3 is 2.33 bits per heavy atom. The second kappa shape index (κ2) is 9.39. The lowest BCUT2D eigenvalue weighted by Crippen LogP contribution is -2.30. The first-order valence-electron chi connectivity index (χ1n) is 9.13. The minimum Gasteiger partial charge on any atom is -0.299 e. The lowest BCUT2D eigenvalue weighted by molar-refractivity contribution is 0.220. The van der Waals surface area contributed by atoms with E-state index < -0.39 is 10.0 Å². The van der Waals surface area contributed by atoms with Gasteiger partial charge in [-0.1, -0.05) is 60.0 Å². The Morgan fingerprint density at radius 1 is 0.926 bits per heavy atom. The third kappa shape index (κ3) is 6.19. The molecule has 27 heavy (non-hydrogen) atoms. The van der Waals surface area contributed by atoms with E-state index in [2.05, 4.69) is 15.7 Å². The maximum absolute atomic E-state index is 12.5. The summed E-state index contributed by atoms with van der Waals surface area (Å²) in [6.07, 6.45) is 3.77. The van der Waals surface area contributed by atoms with Gasteiger partial charge in [0.15, 0.2) is 0 Å². The van der Waals surface area contributed by atoms with Gasteiger partial charge in [0.1, 0.15) is 0 Å². The van der Waals surface area contributed by atoms with Crippen LogP contribution in [0.2, 0.25) is 10.0 Å². The van der Waals surface area contributed by atoms with Crippen LogP contribution in [-0.2, 0) is 28.9 Å². The molecule has 4 nitrogen and oxygen atoms in total. The van der Waals surface area contributed by atoms with Gasteiger partial charge in [-0.05, 0) is 54.8 Å². The zero-order valence-electron chi connectivity index (χ0n) is 15.1. The molecule has 0 saturated carbocycles. The maximum atomic E-state index is 12.5. The van der Waals surface area contributed by atoms with Crippen LogP contribution in [0, 0.1) is 0 Å². The summed E-state index contributed by atoms with van der Waals surface area (Å²) in [5.41, 5.74) is 2.80. The molecule has 1 fully saturated rings. The summed E-state index contributed by atoms with van der Waals surface area (Å²) in [5, 5.41) is 0.772. The van der Waals surface area contributed by atoms with Crippen molar-refractivity contribution in [1.82, 2.24) is 9.62 Å². The number of hydrogen-bond donors (Lipinski definition) is 1. The molecule has 0 amide bonds. The van der Waals surface area contributed by atoms with Crippen molar-refractivity contribution >= 4 is 33.2 Å². The fourth-order valence-corrected chi connectivity index (χ4v) is 4.75. The molecule has 2 aromatic carbocycles. The molecule has 1 aliphatic rings. The highest BCUT2D eigenvalue weighted by Crippen LogP contribution is 2.23. The molecule has 0 radical (unpaired) electrons. The van der Waals surface area contributed by atoms with Gasteiger partial charge in [-0.3, -0.25) is 4.90 Å². The normalized spacial score (nSPS) is 15.8. The summed E-state index contributed by atoms with van der Waals surface area (Å²) in [7, 11) is -3.48. The van der Waals surface area contributed by atoms with Gasteiger partial charge in [-0.25, -0.2) is 13.1 Å². The van der Waals surface area contributed by atoms with E-state index >= 15 is 0 Å². The zero-order valence-corrected chi connectivity index (χ0v) is 17.5. The number of rotatable bonds is 7. The monoisotopic (exact) mass is 426 g/mol. The van der Waals surface area contributed by atoms with Crippen LogP contribution in [0.5, 0.6) is 0 Å². The number of nitrogens with one attached hydrogen (secondary N) is 1. The van der Waals surface area contributed by atoms with Crippen molar-refractivity contribution in [2.24, 2.45) is 0 Å². The highest BCUT2D eigenvalue weighted by atomic mass is 35.5. The summed E-state index contributed by atoms with van der Waals surface area (Å²) in [6.45, 7) is 3.37. The van der Waals surface area contributed by atoms with Crippen molar-refractivity contribution in [2.45, 2.75) is 38.1 Å². The first kappa shape index (κ1) is 20.6. The summed E-state index contributed by atoms with van der Waals surface area (Å²) < 4.78 is 27.7. The largest absolute Gasteiger partial charge is 0.299 e. The summed E-state index contributed by atoms with van der Waals surface area (Å²) in [6, 6.07) is 12.9. The Bertz CT molecular complexity index is 881. The minimum absolute atomic E-state index is 0.127. The van der Waals surface area contributed by atoms with E-state index in [1.807, 2.05) is 18.2 Å². The fourth-order valence-electron chi connectivity index (χ4n) is 3.33. The Kier molecular flexibility index (Phi) is 7.17. The summed E-state index contributed by atoms with van der Waals surface area (Å²) in [5.74, 6) is -0.127. The van der Waals surface area contributed by atoms with Gasteiger partial charge in [0.2, 0.25) is 10.0 Å². The molecule has 1 heterocycles. The molecule has 0 aliphatic carbocycles. The van der Waals surface area contributed by atoms with Crippen molar-refractivity contribution in [1.29, 1.82) is 0 Å². The van der Waals surface area contributed by atoms with E-state index in [1.165, 1.54) is 24.8 Å². The van der Waals surface area contributed by atoms with E-state index in [0.717, 1.165) is 25.2 Å². The molecule has 1 N–H and O–H groups in total. The van der Waals surface area contributed by atoms with Crippen LogP contribution >= 0.6 is 23.2 Å². The Hall–Kier alpha value is -1.11. The number of benzene rings is 2. The third-order valence-electron chi connectivity index (χ3n) is 4.78. The van der Waals surface area contributed by atoms with Crippen molar-refractivity contribution < 1.29 is 8.42 Å². The number of nitrogens with zero attached hydrogens (tertiary/aromatic N) is 1. The van der Waals surface area contributed by atoms with Gasteiger partial charge in [0, 0.05) is 13.1 Å². The molecule has 0 unspecified atom stereocenters. The predicted molar refractivity (Wildman–Crippen MR) is 111 cm³/mol. The quantitative estimate of drug-likeness (QED) is 0.703. The fraction of sp³-hybridized carbons (Fsp3) is 0.400. The number of hydrogen-bond acceptors (Lipinski definition) is 3. The number of halogens is 2. The second-order valence-electron chi connectivity index (χ2n) is 6.93. The Balaban J connectivity index is 1.63. The standard InChI is InChI=1S/C20H24Cl2N2O2S/c21-19-9-8-16(12-20(19)22)15-27(25,26)23-13-17-6-2-3-7-18(17)14-24-10-4-1-5-11-24/h2-3,6-9,12,23H,1,4-5,10-11,13-15H2. The highest BCUT2D eigenvalue weighted by Gasteiger charge is 2.15. The Morgan fingerprint density at radius 2 is 1.63 bits per heavy atom. The van der Waals surface area contributed by atoms with Crippen molar-refractivity contribution in [3.63, 3.8) is 0 Å². The molecule has 0 spiro atoms. The van der Waals surface area contributed by atoms with Gasteiger partial charge in [0.05, 0.1) is 15.8 Å². The van der Waals surface area contributed by atoms with Crippen molar-refractivity contribution in [2.75, 3.05) is 13.1 Å². The van der Waals surface area contributed by atoms with Gasteiger partial charge < -0.3 is 0 Å². The van der Waals surface area contributed by atoms with Crippen LogP contribution in [0.1, 0.15) is 36.0 Å². The van der Waals surface area contributed by atoms with Crippen LogP contribution in [-0.4, -0.2) is 26.4 Å². The lowest BCUT2D eigenvalue weighted by Gasteiger charge is -2.27. The molecule has 1 aliphatic heterocycles. The van der Waals surface area contributed by atoms with Crippen LogP contribution in [0.3, 0.4) is 0 Å². The topological polar surface area (TPSA) is 49.4 Å². The number of likely N-dealkylation sites (tertiary alicyclic amines) is 1. The van der Waals surface area contributed by atoms with Crippen LogP contribution < -0.4 is 4.72 Å². The second-order valence-corrected chi connectivity index (χ2v) is 9.56. The van der Waals surface area contributed by atoms with Crippen LogP contribution in [0.15, 0.2) is 42.5 Å². The third-order valence-corrected chi connectivity index (χ3v) is 6.82. The molecule has 2 aromatic rings. The number of sulfonamides is 1. The van der Waals surface area contributed by atoms with E-state index in [-0.39, 0.29) is 12.3 Å². The predicted octanol–water partition coefficient (Wildman–Crippen LogP) is 4.60. The summed E-state index contributed by atoms with van der Waals surface area (Å²) >= 11 is 11.9. The van der Waals surface area contributed by atoms with Gasteiger partial charge >= 0.3 is 0 Å². The van der Waals surface area contributed by atoms with Crippen molar-refractivity contribution in [3.8, 4) is 0 Å². The molecular formula is C20H24Cl2N2O2S. The maximum Gasteiger partial charge on any atom is 0.216 e. The van der Waals surface area contributed by atoms with E-state index in [9.17, 15) is 8.42 Å². The first-order valence-corrected chi connectivity index (χ1v) is 11.5. The molecule has 146 valence electrons. The lowest BCUT2D eigenvalue weighted by atomic mass is 10.1. The van der Waals surface area contributed by atoms with E-state index in [4.69, 9.17) is 23.2 Å². The molecule has 3 rings (SSSR count). The SMILES string of the molecule is O=S(=O)(Cc1ccc(Cl)c(Cl)c1)NCc1ccccc1CN1CCCCC1. The van der Waals surface area contributed by atoms with E-state index in [1.54, 1.807) is 18.2 Å². The molecular weight excluding hydrogens is 403 g/mol. The molecule has 0 atom stereocenters. The van der Waals surface area contributed by atoms with Crippen LogP contribution in [0.25, 0.3) is 0 Å². The van der Waals surface area contributed by atoms with Gasteiger partial charge in [-0.2, -0.15) is 0 Å². The van der Waals surface area contributed by atoms with Crippen molar-refractivity contribution in [3.05, 3.63) is 69.2 Å². The minimum atomic E-state index is -3.48. The average Bonchev–Trinajstić information content (AvgIpc) is 2.65. The smallest absolute Gasteiger partial charge is 0.216 e. The molecule has 0 bridgehead atoms. The van der Waals surface area contributed by atoms with Gasteiger partial charge in [0.25, 0.3) is 0 Å². The van der Waals surface area contributed by atoms with Crippen LogP contribution in [0.4, 0.5) is 0 Å². The van der Waals surface area contributed by atoms with Gasteiger partial charge in [-0.15, -0.1) is 0 Å². The molecule has 7 heteroatoms. The first-order chi connectivity index (χ1) is 12.9. The number of piperidine rings is 1. The summed E-state index contributed by atoms with van der Waals surface area (Å²) in [4.78, 5) is 2.44. The molecule has 0 aromatic heterocycles. The van der Waals surface area contributed by atoms with E-state index in [0.29, 0.717) is 15.6 Å². The highest BCUT2D eigenvalue weighted by molar-refractivity contribution is 7.88. The molecule has 1 saturated heterocycles. The Labute approximate surface area is 171 Å². The zero-order chi connectivity index (χ0) is 19.3. The average molecular weight is 427 g/mol.